The third-order valence-electron chi connectivity index (χ3n) is 3.59. The summed E-state index contributed by atoms with van der Waals surface area (Å²) in [6.45, 7) is 0.628. The molecule has 0 saturated carbocycles. The van der Waals surface area contributed by atoms with E-state index in [0.717, 1.165) is 26.9 Å². The first-order valence-electron chi connectivity index (χ1n) is 7.45. The number of benzene rings is 1. The second-order valence-corrected chi connectivity index (χ2v) is 6.12. The molecule has 0 aliphatic rings. The fourth-order valence-corrected chi connectivity index (χ4v) is 3.27. The van der Waals surface area contributed by atoms with Crippen LogP contribution in [0.5, 0.6) is 0 Å². The van der Waals surface area contributed by atoms with Gasteiger partial charge in [0.1, 0.15) is 0 Å². The zero-order valence-electron chi connectivity index (χ0n) is 13.0. The van der Waals surface area contributed by atoms with Crippen LogP contribution in [-0.2, 0) is 11.4 Å². The van der Waals surface area contributed by atoms with Gasteiger partial charge >= 0.3 is 0 Å². The van der Waals surface area contributed by atoms with Crippen LogP contribution in [0.2, 0.25) is 0 Å². The minimum Gasteiger partial charge on any atom is -0.274 e. The Hall–Kier alpha value is -2.77. The summed E-state index contributed by atoms with van der Waals surface area (Å²) in [4.78, 5) is 15.1. The molecule has 1 aromatic carbocycles. The predicted octanol–water partition coefficient (Wildman–Crippen LogP) is 3.42. The molecule has 0 N–H and O–H groups in total. The maximum absolute atomic E-state index is 5.48. The predicted molar refractivity (Wildman–Crippen MR) is 93.7 cm³/mol. The molecule has 3 aromatic heterocycles. The normalized spacial score (nSPS) is 11.0. The van der Waals surface area contributed by atoms with E-state index in [2.05, 4.69) is 27.2 Å². The highest BCUT2D eigenvalue weighted by Gasteiger charge is 2.15. The van der Waals surface area contributed by atoms with Crippen molar-refractivity contribution in [3.8, 4) is 11.3 Å². The Morgan fingerprint density at radius 2 is 2.04 bits per heavy atom. The van der Waals surface area contributed by atoms with E-state index < -0.39 is 0 Å². The molecule has 0 fully saturated rings. The fourth-order valence-electron chi connectivity index (χ4n) is 2.40. The van der Waals surface area contributed by atoms with E-state index in [4.69, 9.17) is 4.84 Å². The molecule has 0 saturated heterocycles. The summed E-state index contributed by atoms with van der Waals surface area (Å²) in [7, 11) is 1.65. The van der Waals surface area contributed by atoms with Crippen LogP contribution in [0.25, 0.3) is 16.2 Å². The number of pyridine rings is 1. The van der Waals surface area contributed by atoms with Crippen molar-refractivity contribution < 1.29 is 4.84 Å². The SMILES string of the molecule is CON(Cc1ccccc1)c1nn2cc(-c3cccnc3)nc2s1. The summed E-state index contributed by atoms with van der Waals surface area (Å²) in [6.07, 6.45) is 5.45. The fraction of sp³-hybridized carbons (Fsp3) is 0.118. The number of hydroxylamine groups is 1. The highest BCUT2D eigenvalue weighted by Crippen LogP contribution is 2.27. The van der Waals surface area contributed by atoms with E-state index >= 15 is 0 Å². The number of imidazole rings is 1. The second-order valence-electron chi connectivity index (χ2n) is 5.18. The molecule has 4 aromatic rings. The molecule has 0 amide bonds. The average molecular weight is 337 g/mol. The first-order valence-corrected chi connectivity index (χ1v) is 8.27. The van der Waals surface area contributed by atoms with Crippen LogP contribution in [0.4, 0.5) is 5.13 Å². The highest BCUT2D eigenvalue weighted by atomic mass is 32.1. The Bertz CT molecular complexity index is 904. The Morgan fingerprint density at radius 3 is 2.75 bits per heavy atom. The van der Waals surface area contributed by atoms with E-state index in [1.807, 2.05) is 36.5 Å². The van der Waals surface area contributed by atoms with E-state index in [1.165, 1.54) is 11.3 Å². The molecule has 0 aliphatic carbocycles. The van der Waals surface area contributed by atoms with E-state index in [1.54, 1.807) is 29.1 Å². The summed E-state index contributed by atoms with van der Waals surface area (Å²) in [5, 5.41) is 7.11. The van der Waals surface area contributed by atoms with Gasteiger partial charge in [-0.25, -0.2) is 14.6 Å². The van der Waals surface area contributed by atoms with Crippen molar-refractivity contribution in [3.05, 3.63) is 66.6 Å². The Balaban J connectivity index is 1.61. The number of fused-ring (bicyclic) bond motifs is 1. The van der Waals surface area contributed by atoms with Crippen LogP contribution < -0.4 is 5.06 Å². The first kappa shape index (κ1) is 14.8. The van der Waals surface area contributed by atoms with Gasteiger partial charge in [-0.2, -0.15) is 0 Å². The number of hydrogen-bond acceptors (Lipinski definition) is 6. The van der Waals surface area contributed by atoms with Gasteiger partial charge in [-0.3, -0.25) is 9.82 Å². The topological polar surface area (TPSA) is 55.5 Å². The van der Waals surface area contributed by atoms with E-state index in [-0.39, 0.29) is 0 Å². The number of aromatic nitrogens is 4. The number of anilines is 1. The quantitative estimate of drug-likeness (QED) is 0.522. The molecule has 120 valence electrons. The molecule has 0 unspecified atom stereocenters. The van der Waals surface area contributed by atoms with Crippen LogP contribution in [0.1, 0.15) is 5.56 Å². The second kappa shape index (κ2) is 6.38. The maximum Gasteiger partial charge on any atom is 0.232 e. The van der Waals surface area contributed by atoms with Crippen molar-refractivity contribution in [2.24, 2.45) is 0 Å². The molecule has 0 spiro atoms. The van der Waals surface area contributed by atoms with Gasteiger partial charge in [-0.05, 0) is 17.7 Å². The van der Waals surface area contributed by atoms with Gasteiger partial charge in [0.2, 0.25) is 10.1 Å². The summed E-state index contributed by atoms with van der Waals surface area (Å²) < 4.78 is 1.78. The van der Waals surface area contributed by atoms with Crippen molar-refractivity contribution in [1.82, 2.24) is 19.6 Å². The smallest absolute Gasteiger partial charge is 0.232 e. The van der Waals surface area contributed by atoms with Crippen LogP contribution in [0.15, 0.2) is 61.1 Å². The van der Waals surface area contributed by atoms with Crippen LogP contribution >= 0.6 is 11.3 Å². The highest BCUT2D eigenvalue weighted by molar-refractivity contribution is 7.20. The van der Waals surface area contributed by atoms with Gasteiger partial charge < -0.3 is 0 Å². The molecule has 0 aliphatic heterocycles. The van der Waals surface area contributed by atoms with Gasteiger partial charge in [0, 0.05) is 18.0 Å². The van der Waals surface area contributed by atoms with Crippen molar-refractivity contribution >= 4 is 21.4 Å². The van der Waals surface area contributed by atoms with Gasteiger partial charge in [0.25, 0.3) is 0 Å². The van der Waals surface area contributed by atoms with Crippen LogP contribution in [0.3, 0.4) is 0 Å². The number of nitrogens with zero attached hydrogens (tertiary/aromatic N) is 5. The number of rotatable bonds is 5. The van der Waals surface area contributed by atoms with Gasteiger partial charge in [0.05, 0.1) is 25.5 Å². The molecule has 24 heavy (non-hydrogen) atoms. The van der Waals surface area contributed by atoms with Crippen molar-refractivity contribution in [2.75, 3.05) is 12.2 Å². The molecular formula is C17H15N5OS. The maximum atomic E-state index is 5.48. The average Bonchev–Trinajstić information content (AvgIpc) is 3.20. The zero-order chi connectivity index (χ0) is 16.4. The van der Waals surface area contributed by atoms with Crippen LogP contribution in [0, 0.1) is 0 Å². The lowest BCUT2D eigenvalue weighted by Gasteiger charge is -2.17. The van der Waals surface area contributed by atoms with E-state index in [9.17, 15) is 0 Å². The Morgan fingerprint density at radius 1 is 1.17 bits per heavy atom. The summed E-state index contributed by atoms with van der Waals surface area (Å²) in [5.74, 6) is 0. The standard InChI is InChI=1S/C17H15N5OS/c1-23-22(11-13-6-3-2-4-7-13)17-20-21-12-15(19-16(21)24-17)14-8-5-9-18-10-14/h2-10,12H,11H2,1H3. The van der Waals surface area contributed by atoms with Crippen molar-refractivity contribution in [2.45, 2.75) is 6.54 Å². The molecule has 0 atom stereocenters. The molecule has 7 heteroatoms. The van der Waals surface area contributed by atoms with Crippen molar-refractivity contribution in [1.29, 1.82) is 0 Å². The minimum absolute atomic E-state index is 0.628. The summed E-state index contributed by atoms with van der Waals surface area (Å²) in [5.41, 5.74) is 2.99. The Kier molecular flexibility index (Phi) is 3.94. The van der Waals surface area contributed by atoms with Gasteiger partial charge in [-0.15, -0.1) is 5.10 Å². The molecule has 3 heterocycles. The lowest BCUT2D eigenvalue weighted by Crippen LogP contribution is -2.20. The lowest BCUT2D eigenvalue weighted by molar-refractivity contribution is 0.162. The Labute approximate surface area is 142 Å². The monoisotopic (exact) mass is 337 g/mol. The number of hydrogen-bond donors (Lipinski definition) is 0. The molecule has 0 radical (unpaired) electrons. The molecule has 6 nitrogen and oxygen atoms in total. The first-order chi connectivity index (χ1) is 11.8. The van der Waals surface area contributed by atoms with Crippen molar-refractivity contribution in [3.63, 3.8) is 0 Å². The van der Waals surface area contributed by atoms with E-state index in [0.29, 0.717) is 6.54 Å². The zero-order valence-corrected chi connectivity index (χ0v) is 13.8. The lowest BCUT2D eigenvalue weighted by atomic mass is 10.2. The third-order valence-corrected chi connectivity index (χ3v) is 4.52. The molecular weight excluding hydrogens is 322 g/mol. The third kappa shape index (κ3) is 2.86. The minimum atomic E-state index is 0.628. The van der Waals surface area contributed by atoms with Gasteiger partial charge in [0.15, 0.2) is 0 Å². The largest absolute Gasteiger partial charge is 0.274 e. The van der Waals surface area contributed by atoms with Crippen LogP contribution in [-0.4, -0.2) is 26.7 Å². The summed E-state index contributed by atoms with van der Waals surface area (Å²) >= 11 is 1.49. The van der Waals surface area contributed by atoms with Gasteiger partial charge in [-0.1, -0.05) is 41.7 Å². The molecule has 0 bridgehead atoms. The summed E-state index contributed by atoms with van der Waals surface area (Å²) in [6, 6.07) is 14.0. The molecule has 4 rings (SSSR count).